The van der Waals surface area contributed by atoms with Gasteiger partial charge >= 0.3 is 0 Å². The average molecular weight is 269 g/mol. The summed E-state index contributed by atoms with van der Waals surface area (Å²) in [4.78, 5) is 14.8. The van der Waals surface area contributed by atoms with Gasteiger partial charge in [-0.05, 0) is 45.3 Å². The lowest BCUT2D eigenvalue weighted by molar-refractivity contribution is -0.128. The van der Waals surface area contributed by atoms with Crippen molar-refractivity contribution in [1.82, 2.24) is 15.5 Å². The summed E-state index contributed by atoms with van der Waals surface area (Å²) in [6, 6.07) is 0.372. The minimum absolute atomic E-state index is 0.0362. The van der Waals surface area contributed by atoms with Crippen LogP contribution in [0.4, 0.5) is 0 Å². The van der Waals surface area contributed by atoms with Crippen molar-refractivity contribution in [3.8, 4) is 0 Å². The van der Waals surface area contributed by atoms with Crippen molar-refractivity contribution in [3.05, 3.63) is 0 Å². The van der Waals surface area contributed by atoms with Crippen molar-refractivity contribution >= 4 is 5.91 Å². The Balaban J connectivity index is 2.48. The predicted molar refractivity (Wildman–Crippen MR) is 80.2 cm³/mol. The zero-order valence-electron chi connectivity index (χ0n) is 13.0. The van der Waals surface area contributed by atoms with Crippen molar-refractivity contribution in [1.29, 1.82) is 0 Å². The van der Waals surface area contributed by atoms with Crippen LogP contribution < -0.4 is 10.6 Å². The Morgan fingerprint density at radius 3 is 2.32 bits per heavy atom. The van der Waals surface area contributed by atoms with E-state index in [4.69, 9.17) is 0 Å². The van der Waals surface area contributed by atoms with E-state index < -0.39 is 0 Å². The molecular formula is C15H31N3O. The number of carbonyl (C=O) groups excluding carboxylic acids is 1. The summed E-state index contributed by atoms with van der Waals surface area (Å²) in [6.45, 7) is 12.3. The summed E-state index contributed by atoms with van der Waals surface area (Å²) in [5, 5.41) is 6.42. The summed E-state index contributed by atoms with van der Waals surface area (Å²) in [5.74, 6) is 0.564. The van der Waals surface area contributed by atoms with Crippen LogP contribution in [0.25, 0.3) is 0 Å². The maximum absolute atomic E-state index is 12.4. The Kier molecular flexibility index (Phi) is 7.39. The molecule has 112 valence electrons. The van der Waals surface area contributed by atoms with Gasteiger partial charge in [0, 0.05) is 12.6 Å². The van der Waals surface area contributed by atoms with Gasteiger partial charge < -0.3 is 10.6 Å². The minimum atomic E-state index is 0.0362. The van der Waals surface area contributed by atoms with E-state index in [9.17, 15) is 4.79 Å². The van der Waals surface area contributed by atoms with Crippen LogP contribution in [0.3, 0.4) is 0 Å². The van der Waals surface area contributed by atoms with Gasteiger partial charge in [0.25, 0.3) is 0 Å². The van der Waals surface area contributed by atoms with Gasteiger partial charge in [-0.15, -0.1) is 0 Å². The van der Waals surface area contributed by atoms with E-state index in [1.54, 1.807) is 0 Å². The average Bonchev–Trinajstić information content (AvgIpc) is 2.38. The van der Waals surface area contributed by atoms with Gasteiger partial charge in [-0.1, -0.05) is 27.2 Å². The number of amides is 1. The topological polar surface area (TPSA) is 44.4 Å². The molecule has 1 heterocycles. The molecule has 0 aromatic heterocycles. The summed E-state index contributed by atoms with van der Waals surface area (Å²) < 4.78 is 0. The third kappa shape index (κ3) is 5.49. The highest BCUT2D eigenvalue weighted by molar-refractivity contribution is 5.82. The molecule has 4 heteroatoms. The van der Waals surface area contributed by atoms with E-state index >= 15 is 0 Å². The molecule has 4 nitrogen and oxygen atoms in total. The molecule has 2 atom stereocenters. The van der Waals surface area contributed by atoms with E-state index in [2.05, 4.69) is 43.2 Å². The fraction of sp³-hybridized carbons (Fsp3) is 0.933. The van der Waals surface area contributed by atoms with Crippen molar-refractivity contribution < 1.29 is 4.79 Å². The molecule has 0 spiro atoms. The van der Waals surface area contributed by atoms with Crippen LogP contribution in [0.2, 0.25) is 0 Å². The first-order chi connectivity index (χ1) is 9.06. The van der Waals surface area contributed by atoms with Crippen molar-refractivity contribution in [2.75, 3.05) is 26.2 Å². The van der Waals surface area contributed by atoms with E-state index in [0.29, 0.717) is 18.5 Å². The SMILES string of the molecule is CCN[C@H](C)CNC(=O)C(C(C)C)N1CCCCC1. The third-order valence-electron chi connectivity index (χ3n) is 3.82. The predicted octanol–water partition coefficient (Wildman–Crippen LogP) is 1.61. The van der Waals surface area contributed by atoms with Crippen LogP contribution in [0.5, 0.6) is 0 Å². The highest BCUT2D eigenvalue weighted by Crippen LogP contribution is 2.17. The van der Waals surface area contributed by atoms with Gasteiger partial charge in [-0.2, -0.15) is 0 Å². The van der Waals surface area contributed by atoms with E-state index in [1.807, 2.05) is 0 Å². The largest absolute Gasteiger partial charge is 0.353 e. The molecule has 0 aliphatic carbocycles. The molecule has 1 aliphatic rings. The van der Waals surface area contributed by atoms with E-state index in [0.717, 1.165) is 19.6 Å². The number of hydrogen-bond acceptors (Lipinski definition) is 3. The molecule has 1 amide bonds. The van der Waals surface area contributed by atoms with Crippen molar-refractivity contribution in [2.45, 2.75) is 59.0 Å². The normalized spacial score (nSPS) is 20.3. The summed E-state index contributed by atoms with van der Waals surface area (Å²) in [6.07, 6.45) is 3.76. The number of piperidine rings is 1. The lowest BCUT2D eigenvalue weighted by Gasteiger charge is -2.36. The maximum atomic E-state index is 12.4. The molecule has 1 fully saturated rings. The van der Waals surface area contributed by atoms with Crippen LogP contribution in [0.1, 0.15) is 47.0 Å². The van der Waals surface area contributed by atoms with Crippen LogP contribution in [-0.2, 0) is 4.79 Å². The van der Waals surface area contributed by atoms with Crippen LogP contribution in [-0.4, -0.2) is 49.1 Å². The lowest BCUT2D eigenvalue weighted by Crippen LogP contribution is -2.53. The second-order valence-electron chi connectivity index (χ2n) is 5.99. The van der Waals surface area contributed by atoms with Gasteiger partial charge in [-0.25, -0.2) is 0 Å². The molecule has 1 unspecified atom stereocenters. The fourth-order valence-corrected chi connectivity index (χ4v) is 2.87. The molecule has 0 radical (unpaired) electrons. The minimum Gasteiger partial charge on any atom is -0.353 e. The standard InChI is InChI=1S/C15H31N3O/c1-5-16-13(4)11-17-15(19)14(12(2)3)18-9-7-6-8-10-18/h12-14,16H,5-11H2,1-4H3,(H,17,19)/t13-,14?/m1/s1. The summed E-state index contributed by atoms with van der Waals surface area (Å²) >= 11 is 0. The van der Waals surface area contributed by atoms with Crippen molar-refractivity contribution in [3.63, 3.8) is 0 Å². The fourth-order valence-electron chi connectivity index (χ4n) is 2.87. The first kappa shape index (κ1) is 16.4. The van der Waals surface area contributed by atoms with E-state index in [-0.39, 0.29) is 11.9 Å². The Labute approximate surface area is 118 Å². The molecule has 1 rings (SSSR count). The first-order valence-corrected chi connectivity index (χ1v) is 7.81. The van der Waals surface area contributed by atoms with Crippen molar-refractivity contribution in [2.24, 2.45) is 5.92 Å². The third-order valence-corrected chi connectivity index (χ3v) is 3.82. The van der Waals surface area contributed by atoms with Gasteiger partial charge in [0.2, 0.25) is 5.91 Å². The number of rotatable bonds is 7. The Hall–Kier alpha value is -0.610. The number of nitrogens with zero attached hydrogens (tertiary/aromatic N) is 1. The van der Waals surface area contributed by atoms with Gasteiger partial charge in [0.05, 0.1) is 6.04 Å². The van der Waals surface area contributed by atoms with Crippen LogP contribution >= 0.6 is 0 Å². The Morgan fingerprint density at radius 1 is 1.16 bits per heavy atom. The highest BCUT2D eigenvalue weighted by atomic mass is 16.2. The van der Waals surface area contributed by atoms with Crippen LogP contribution in [0.15, 0.2) is 0 Å². The number of nitrogens with one attached hydrogen (secondary N) is 2. The van der Waals surface area contributed by atoms with Gasteiger partial charge in [0.15, 0.2) is 0 Å². The smallest absolute Gasteiger partial charge is 0.237 e. The Morgan fingerprint density at radius 2 is 1.79 bits per heavy atom. The molecule has 19 heavy (non-hydrogen) atoms. The number of carbonyl (C=O) groups is 1. The second kappa shape index (κ2) is 8.54. The number of likely N-dealkylation sites (tertiary alicyclic amines) is 1. The quantitative estimate of drug-likeness (QED) is 0.738. The molecule has 0 aromatic carbocycles. The van der Waals surface area contributed by atoms with Gasteiger partial charge in [0.1, 0.15) is 0 Å². The second-order valence-corrected chi connectivity index (χ2v) is 5.99. The molecule has 1 aliphatic heterocycles. The zero-order valence-corrected chi connectivity index (χ0v) is 13.0. The molecule has 0 bridgehead atoms. The zero-order chi connectivity index (χ0) is 14.3. The van der Waals surface area contributed by atoms with Crippen LogP contribution in [0, 0.1) is 5.92 Å². The molecule has 0 aromatic rings. The molecule has 1 saturated heterocycles. The number of likely N-dealkylation sites (N-methyl/N-ethyl adjacent to an activating group) is 1. The Bertz CT molecular complexity index is 262. The van der Waals surface area contributed by atoms with E-state index in [1.165, 1.54) is 19.3 Å². The highest BCUT2D eigenvalue weighted by Gasteiger charge is 2.29. The summed E-state index contributed by atoms with van der Waals surface area (Å²) in [5.41, 5.74) is 0. The molecule has 2 N–H and O–H groups in total. The lowest BCUT2D eigenvalue weighted by atomic mass is 9.98. The van der Waals surface area contributed by atoms with Gasteiger partial charge in [-0.3, -0.25) is 9.69 Å². The first-order valence-electron chi connectivity index (χ1n) is 7.81. The molecular weight excluding hydrogens is 238 g/mol. The maximum Gasteiger partial charge on any atom is 0.237 e. The molecule has 0 saturated carbocycles. The monoisotopic (exact) mass is 269 g/mol. The summed E-state index contributed by atoms with van der Waals surface area (Å²) in [7, 11) is 0. The number of hydrogen-bond donors (Lipinski definition) is 2.